The molecule has 0 saturated heterocycles. The van der Waals surface area contributed by atoms with Gasteiger partial charge in [0.05, 0.1) is 22.3 Å². The SMILES string of the molecule is COC[C@]1(N)C[C@H]1S(=O)(=O)c1ccc(Cl)cc1. The molecule has 0 unspecified atom stereocenters. The van der Waals surface area contributed by atoms with Gasteiger partial charge in [0.25, 0.3) is 0 Å². The second-order valence-electron chi connectivity index (χ2n) is 4.36. The third kappa shape index (κ3) is 2.33. The number of hydrogen-bond donors (Lipinski definition) is 1. The maximum atomic E-state index is 12.2. The average Bonchev–Trinajstić information content (AvgIpc) is 2.92. The molecule has 17 heavy (non-hydrogen) atoms. The minimum Gasteiger partial charge on any atom is -0.383 e. The van der Waals surface area contributed by atoms with Crippen LogP contribution in [0.3, 0.4) is 0 Å². The molecule has 0 heterocycles. The Labute approximate surface area is 106 Å². The molecule has 2 N–H and O–H groups in total. The number of benzene rings is 1. The van der Waals surface area contributed by atoms with E-state index in [1.54, 1.807) is 12.1 Å². The highest BCUT2D eigenvalue weighted by molar-refractivity contribution is 7.92. The number of sulfone groups is 1. The van der Waals surface area contributed by atoms with E-state index in [0.29, 0.717) is 11.4 Å². The van der Waals surface area contributed by atoms with Crippen molar-refractivity contribution >= 4 is 21.4 Å². The summed E-state index contributed by atoms with van der Waals surface area (Å²) in [4.78, 5) is 0.260. The van der Waals surface area contributed by atoms with E-state index in [1.807, 2.05) is 0 Å². The number of halogens is 1. The minimum absolute atomic E-state index is 0.254. The first kappa shape index (κ1) is 12.8. The van der Waals surface area contributed by atoms with Crippen LogP contribution >= 0.6 is 11.6 Å². The van der Waals surface area contributed by atoms with E-state index in [-0.39, 0.29) is 11.5 Å². The average molecular weight is 276 g/mol. The van der Waals surface area contributed by atoms with Gasteiger partial charge in [-0.15, -0.1) is 0 Å². The Kier molecular flexibility index (Phi) is 3.20. The number of nitrogens with two attached hydrogens (primary N) is 1. The number of rotatable bonds is 4. The third-order valence-corrected chi connectivity index (χ3v) is 5.54. The van der Waals surface area contributed by atoms with Crippen molar-refractivity contribution in [2.75, 3.05) is 13.7 Å². The van der Waals surface area contributed by atoms with Crippen LogP contribution < -0.4 is 5.73 Å². The molecule has 1 aromatic carbocycles. The fourth-order valence-electron chi connectivity index (χ4n) is 1.91. The van der Waals surface area contributed by atoms with Crippen LogP contribution in [0.2, 0.25) is 5.02 Å². The van der Waals surface area contributed by atoms with Crippen molar-refractivity contribution in [1.29, 1.82) is 0 Å². The Bertz CT molecular complexity index is 514. The van der Waals surface area contributed by atoms with Crippen LogP contribution in [0.15, 0.2) is 29.2 Å². The van der Waals surface area contributed by atoms with Crippen molar-refractivity contribution in [1.82, 2.24) is 0 Å². The molecule has 1 aliphatic carbocycles. The zero-order valence-electron chi connectivity index (χ0n) is 9.39. The lowest BCUT2D eigenvalue weighted by Crippen LogP contribution is -2.35. The van der Waals surface area contributed by atoms with E-state index < -0.39 is 20.6 Å². The van der Waals surface area contributed by atoms with Crippen LogP contribution in [0.5, 0.6) is 0 Å². The number of methoxy groups -OCH3 is 1. The van der Waals surface area contributed by atoms with Crippen molar-refractivity contribution in [3.63, 3.8) is 0 Å². The predicted octanol–water partition coefficient (Wildman–Crippen LogP) is 1.23. The molecule has 0 amide bonds. The summed E-state index contributed by atoms with van der Waals surface area (Å²) in [6.07, 6.45) is 0.436. The standard InChI is InChI=1S/C11H14ClNO3S/c1-16-7-11(13)6-10(11)17(14,15)9-4-2-8(12)3-5-9/h2-5,10H,6-7,13H2,1H3/t10-,11-/m1/s1. The van der Waals surface area contributed by atoms with Gasteiger partial charge in [-0.2, -0.15) is 0 Å². The fourth-order valence-corrected chi connectivity index (χ4v) is 4.10. The topological polar surface area (TPSA) is 69.4 Å². The Hall–Kier alpha value is -0.620. The number of hydrogen-bond acceptors (Lipinski definition) is 4. The summed E-state index contributed by atoms with van der Waals surface area (Å²) in [7, 11) is -1.86. The van der Waals surface area contributed by atoms with Gasteiger partial charge in [-0.05, 0) is 30.7 Å². The van der Waals surface area contributed by atoms with E-state index in [9.17, 15) is 8.42 Å². The molecule has 0 radical (unpaired) electrons. The van der Waals surface area contributed by atoms with Crippen LogP contribution in [0.25, 0.3) is 0 Å². The summed E-state index contributed by atoms with van der Waals surface area (Å²) in [5, 5.41) is -0.0493. The molecule has 4 nitrogen and oxygen atoms in total. The highest BCUT2D eigenvalue weighted by Crippen LogP contribution is 2.42. The second kappa shape index (κ2) is 4.24. The highest BCUT2D eigenvalue weighted by Gasteiger charge is 2.59. The maximum Gasteiger partial charge on any atom is 0.183 e. The summed E-state index contributed by atoms with van der Waals surface area (Å²) in [5.41, 5.74) is 5.18. The summed E-state index contributed by atoms with van der Waals surface area (Å²) >= 11 is 5.72. The minimum atomic E-state index is -3.38. The molecule has 1 aromatic rings. The van der Waals surface area contributed by atoms with E-state index >= 15 is 0 Å². The number of ether oxygens (including phenoxy) is 1. The summed E-state index contributed by atoms with van der Waals surface area (Å²) < 4.78 is 29.4. The molecule has 1 aliphatic rings. The largest absolute Gasteiger partial charge is 0.383 e. The molecule has 6 heteroatoms. The summed E-state index contributed by atoms with van der Waals surface area (Å²) in [5.74, 6) is 0. The first-order chi connectivity index (χ1) is 7.90. The lowest BCUT2D eigenvalue weighted by Gasteiger charge is -2.10. The molecular formula is C11H14ClNO3S. The Morgan fingerprint density at radius 3 is 2.59 bits per heavy atom. The lowest BCUT2D eigenvalue weighted by molar-refractivity contribution is 0.173. The summed E-state index contributed by atoms with van der Waals surface area (Å²) in [6, 6.07) is 6.13. The van der Waals surface area contributed by atoms with Crippen LogP contribution in [0.4, 0.5) is 0 Å². The quantitative estimate of drug-likeness (QED) is 0.897. The molecular weight excluding hydrogens is 262 g/mol. The molecule has 1 saturated carbocycles. The van der Waals surface area contributed by atoms with Gasteiger partial charge in [0.1, 0.15) is 0 Å². The van der Waals surface area contributed by atoms with E-state index in [4.69, 9.17) is 22.1 Å². The van der Waals surface area contributed by atoms with Crippen molar-refractivity contribution in [3.8, 4) is 0 Å². The van der Waals surface area contributed by atoms with Gasteiger partial charge in [-0.25, -0.2) is 8.42 Å². The van der Waals surface area contributed by atoms with Gasteiger partial charge in [-0.3, -0.25) is 0 Å². The fraction of sp³-hybridized carbons (Fsp3) is 0.455. The first-order valence-corrected chi connectivity index (χ1v) is 7.10. The van der Waals surface area contributed by atoms with Crippen molar-refractivity contribution in [3.05, 3.63) is 29.3 Å². The van der Waals surface area contributed by atoms with Crippen molar-refractivity contribution < 1.29 is 13.2 Å². The van der Waals surface area contributed by atoms with E-state index in [2.05, 4.69) is 0 Å². The molecule has 0 aromatic heterocycles. The van der Waals surface area contributed by atoms with Crippen LogP contribution in [-0.4, -0.2) is 32.9 Å². The van der Waals surface area contributed by atoms with Gasteiger partial charge in [-0.1, -0.05) is 11.6 Å². The van der Waals surface area contributed by atoms with E-state index in [1.165, 1.54) is 19.2 Å². The third-order valence-electron chi connectivity index (χ3n) is 2.98. The van der Waals surface area contributed by atoms with Gasteiger partial charge in [0.15, 0.2) is 9.84 Å². The van der Waals surface area contributed by atoms with E-state index in [0.717, 1.165) is 0 Å². The lowest BCUT2D eigenvalue weighted by atomic mass is 10.3. The zero-order chi connectivity index (χ0) is 12.7. The zero-order valence-corrected chi connectivity index (χ0v) is 11.0. The molecule has 0 spiro atoms. The highest BCUT2D eigenvalue weighted by atomic mass is 35.5. The molecule has 0 aliphatic heterocycles. The molecule has 1 fully saturated rings. The maximum absolute atomic E-state index is 12.2. The second-order valence-corrected chi connectivity index (χ2v) is 6.92. The summed E-state index contributed by atoms with van der Waals surface area (Å²) in [6.45, 7) is 0.254. The predicted molar refractivity (Wildman–Crippen MR) is 65.8 cm³/mol. The monoisotopic (exact) mass is 275 g/mol. The Morgan fingerprint density at radius 2 is 2.06 bits per heavy atom. The normalized spacial score (nSPS) is 28.1. The molecule has 0 bridgehead atoms. The molecule has 2 rings (SSSR count). The van der Waals surface area contributed by atoms with Crippen LogP contribution in [-0.2, 0) is 14.6 Å². The van der Waals surface area contributed by atoms with Gasteiger partial charge < -0.3 is 10.5 Å². The van der Waals surface area contributed by atoms with Crippen molar-refractivity contribution in [2.24, 2.45) is 5.73 Å². The van der Waals surface area contributed by atoms with Crippen molar-refractivity contribution in [2.45, 2.75) is 22.1 Å². The Morgan fingerprint density at radius 1 is 1.47 bits per heavy atom. The van der Waals surface area contributed by atoms with Crippen LogP contribution in [0, 0.1) is 0 Å². The van der Waals surface area contributed by atoms with Gasteiger partial charge >= 0.3 is 0 Å². The molecule has 94 valence electrons. The first-order valence-electron chi connectivity index (χ1n) is 5.17. The Balaban J connectivity index is 2.25. The smallest absolute Gasteiger partial charge is 0.183 e. The van der Waals surface area contributed by atoms with Crippen LogP contribution in [0.1, 0.15) is 6.42 Å². The van der Waals surface area contributed by atoms with Gasteiger partial charge in [0.2, 0.25) is 0 Å². The van der Waals surface area contributed by atoms with Gasteiger partial charge in [0, 0.05) is 12.1 Å². The molecule has 2 atom stereocenters.